The number of nitrogens with two attached hydrogens (primary N) is 1. The average Bonchev–Trinajstić information content (AvgIpc) is 1.89. The molecule has 0 aromatic carbocycles. The van der Waals surface area contributed by atoms with E-state index in [0.717, 1.165) is 6.42 Å². The molecule has 0 aliphatic rings. The Morgan fingerprint density at radius 1 is 1.60 bits per heavy atom. The minimum atomic E-state index is -0.233. The van der Waals surface area contributed by atoms with E-state index >= 15 is 0 Å². The maximum absolute atomic E-state index is 8.64. The minimum Gasteiger partial charge on any atom is -0.396 e. The molecule has 0 saturated carbocycles. The van der Waals surface area contributed by atoms with Crippen molar-refractivity contribution in [1.29, 1.82) is 0 Å². The summed E-state index contributed by atoms with van der Waals surface area (Å²) in [5, 5.41) is 8.64. The molecule has 0 spiro atoms. The van der Waals surface area contributed by atoms with Crippen LogP contribution in [0.3, 0.4) is 0 Å². The van der Waals surface area contributed by atoms with Gasteiger partial charge in [-0.3, -0.25) is 0 Å². The van der Waals surface area contributed by atoms with E-state index in [-0.39, 0.29) is 18.9 Å². The van der Waals surface area contributed by atoms with Gasteiger partial charge >= 0.3 is 0 Å². The number of aliphatic hydroxyl groups is 1. The molecule has 0 fully saturated rings. The summed E-state index contributed by atoms with van der Waals surface area (Å²) in [7, 11) is 0. The normalized spacial score (nSPS) is 16.8. The number of ether oxygens (including phenoxy) is 1. The highest BCUT2D eigenvalue weighted by Gasteiger charge is 2.20. The lowest BCUT2D eigenvalue weighted by Gasteiger charge is -2.26. The fourth-order valence-corrected chi connectivity index (χ4v) is 0.789. The fourth-order valence-electron chi connectivity index (χ4n) is 0.789. The first-order valence-corrected chi connectivity index (χ1v) is 3.63. The number of aliphatic hydroxyl groups excluding tert-OH is 1. The number of rotatable bonds is 5. The molecule has 3 nitrogen and oxygen atoms in total. The quantitative estimate of drug-likeness (QED) is 0.556. The Kier molecular flexibility index (Phi) is 4.60. The number of hydrogen-bond acceptors (Lipinski definition) is 3. The highest BCUT2D eigenvalue weighted by molar-refractivity contribution is 4.71. The first-order valence-electron chi connectivity index (χ1n) is 3.63. The van der Waals surface area contributed by atoms with Crippen molar-refractivity contribution < 1.29 is 9.84 Å². The van der Waals surface area contributed by atoms with Crippen LogP contribution in [0.1, 0.15) is 26.7 Å². The Morgan fingerprint density at radius 2 is 2.20 bits per heavy atom. The van der Waals surface area contributed by atoms with E-state index in [4.69, 9.17) is 15.6 Å². The summed E-state index contributed by atoms with van der Waals surface area (Å²) in [5.41, 5.74) is 4.98. The Morgan fingerprint density at radius 3 is 2.50 bits per heavy atom. The zero-order chi connectivity index (χ0) is 8.04. The van der Waals surface area contributed by atoms with Crippen LogP contribution < -0.4 is 5.73 Å². The van der Waals surface area contributed by atoms with E-state index in [9.17, 15) is 0 Å². The Labute approximate surface area is 62.2 Å². The molecule has 0 saturated heterocycles. The Hall–Kier alpha value is -0.120. The standard InChI is InChI=1S/C7H17NO2/c1-3-7(2,4-5-9)10-6-8/h9H,3-6,8H2,1-2H3. The maximum Gasteiger partial charge on any atom is 0.0947 e. The molecule has 0 aromatic rings. The minimum absolute atomic E-state index is 0.157. The van der Waals surface area contributed by atoms with Gasteiger partial charge < -0.3 is 15.6 Å². The van der Waals surface area contributed by atoms with Crippen LogP contribution in [0.2, 0.25) is 0 Å². The van der Waals surface area contributed by atoms with E-state index in [1.54, 1.807) is 0 Å². The molecule has 0 amide bonds. The average molecular weight is 147 g/mol. The molecule has 10 heavy (non-hydrogen) atoms. The molecule has 62 valence electrons. The molecular weight excluding hydrogens is 130 g/mol. The highest BCUT2D eigenvalue weighted by Crippen LogP contribution is 2.17. The van der Waals surface area contributed by atoms with Gasteiger partial charge in [0.2, 0.25) is 0 Å². The molecule has 0 rings (SSSR count). The van der Waals surface area contributed by atoms with Crippen LogP contribution in [-0.2, 0) is 4.74 Å². The summed E-state index contributed by atoms with van der Waals surface area (Å²) in [6.07, 6.45) is 1.53. The van der Waals surface area contributed by atoms with E-state index in [1.165, 1.54) is 0 Å². The predicted octanol–water partition coefficient (Wildman–Crippen LogP) is 0.470. The van der Waals surface area contributed by atoms with E-state index < -0.39 is 0 Å². The van der Waals surface area contributed by atoms with Crippen LogP contribution in [0.15, 0.2) is 0 Å². The van der Waals surface area contributed by atoms with Crippen molar-refractivity contribution in [2.24, 2.45) is 5.73 Å². The van der Waals surface area contributed by atoms with Crippen molar-refractivity contribution in [1.82, 2.24) is 0 Å². The zero-order valence-electron chi connectivity index (χ0n) is 6.76. The van der Waals surface area contributed by atoms with Crippen LogP contribution in [0.5, 0.6) is 0 Å². The maximum atomic E-state index is 8.64. The molecule has 1 unspecified atom stereocenters. The molecule has 0 bridgehead atoms. The molecule has 1 atom stereocenters. The van der Waals surface area contributed by atoms with E-state index in [0.29, 0.717) is 6.42 Å². The van der Waals surface area contributed by atoms with Crippen LogP contribution in [0, 0.1) is 0 Å². The van der Waals surface area contributed by atoms with Crippen molar-refractivity contribution in [2.45, 2.75) is 32.3 Å². The monoisotopic (exact) mass is 147 g/mol. The molecule has 3 heteroatoms. The third-order valence-corrected chi connectivity index (χ3v) is 1.82. The van der Waals surface area contributed by atoms with Crippen LogP contribution in [0.25, 0.3) is 0 Å². The Balaban J connectivity index is 3.69. The molecule has 0 aromatic heterocycles. The lowest BCUT2D eigenvalue weighted by molar-refractivity contribution is -0.0460. The van der Waals surface area contributed by atoms with Gasteiger partial charge in [0.25, 0.3) is 0 Å². The molecule has 0 aliphatic heterocycles. The van der Waals surface area contributed by atoms with Gasteiger partial charge in [-0.1, -0.05) is 6.92 Å². The van der Waals surface area contributed by atoms with Crippen molar-refractivity contribution in [2.75, 3.05) is 13.3 Å². The van der Waals surface area contributed by atoms with Gasteiger partial charge in [-0.05, 0) is 19.8 Å². The van der Waals surface area contributed by atoms with Crippen molar-refractivity contribution in [3.05, 3.63) is 0 Å². The van der Waals surface area contributed by atoms with E-state index in [1.807, 2.05) is 13.8 Å². The topological polar surface area (TPSA) is 55.5 Å². The first kappa shape index (κ1) is 9.88. The SMILES string of the molecule is CCC(C)(CCO)OCN. The summed E-state index contributed by atoms with van der Waals surface area (Å²) < 4.78 is 5.24. The molecule has 0 heterocycles. The van der Waals surface area contributed by atoms with Gasteiger partial charge in [0.1, 0.15) is 0 Å². The van der Waals surface area contributed by atoms with Gasteiger partial charge in [-0.15, -0.1) is 0 Å². The van der Waals surface area contributed by atoms with Gasteiger partial charge in [-0.25, -0.2) is 0 Å². The summed E-state index contributed by atoms with van der Waals surface area (Å²) in [6.45, 7) is 4.36. The number of hydrogen-bond donors (Lipinski definition) is 2. The van der Waals surface area contributed by atoms with Gasteiger partial charge in [0.15, 0.2) is 0 Å². The van der Waals surface area contributed by atoms with Crippen LogP contribution >= 0.6 is 0 Å². The largest absolute Gasteiger partial charge is 0.396 e. The third-order valence-electron chi connectivity index (χ3n) is 1.82. The lowest BCUT2D eigenvalue weighted by atomic mass is 10.00. The zero-order valence-corrected chi connectivity index (χ0v) is 6.76. The highest BCUT2D eigenvalue weighted by atomic mass is 16.5. The predicted molar refractivity (Wildman–Crippen MR) is 40.5 cm³/mol. The second-order valence-corrected chi connectivity index (χ2v) is 2.59. The summed E-state index contributed by atoms with van der Waals surface area (Å²) in [6, 6.07) is 0. The van der Waals surface area contributed by atoms with Crippen molar-refractivity contribution in [3.63, 3.8) is 0 Å². The second kappa shape index (κ2) is 4.66. The summed E-state index contributed by atoms with van der Waals surface area (Å²) in [5.74, 6) is 0. The van der Waals surface area contributed by atoms with Crippen molar-refractivity contribution in [3.8, 4) is 0 Å². The summed E-state index contributed by atoms with van der Waals surface area (Å²) in [4.78, 5) is 0. The molecule has 0 aliphatic carbocycles. The fraction of sp³-hybridized carbons (Fsp3) is 1.00. The summed E-state index contributed by atoms with van der Waals surface area (Å²) >= 11 is 0. The lowest BCUT2D eigenvalue weighted by Crippen LogP contribution is -2.31. The van der Waals surface area contributed by atoms with Gasteiger partial charge in [0.05, 0.1) is 12.3 Å². The third kappa shape index (κ3) is 3.15. The second-order valence-electron chi connectivity index (χ2n) is 2.59. The molecule has 0 radical (unpaired) electrons. The molecule has 3 N–H and O–H groups in total. The first-order chi connectivity index (χ1) is 4.68. The Bertz CT molecular complexity index is 79.7. The van der Waals surface area contributed by atoms with Crippen LogP contribution in [-0.4, -0.2) is 24.0 Å². The van der Waals surface area contributed by atoms with Crippen molar-refractivity contribution >= 4 is 0 Å². The van der Waals surface area contributed by atoms with Gasteiger partial charge in [-0.2, -0.15) is 0 Å². The van der Waals surface area contributed by atoms with E-state index in [2.05, 4.69) is 0 Å². The van der Waals surface area contributed by atoms with Crippen LogP contribution in [0.4, 0.5) is 0 Å². The van der Waals surface area contributed by atoms with Gasteiger partial charge in [0, 0.05) is 6.61 Å². The smallest absolute Gasteiger partial charge is 0.0947 e. The molecular formula is C7H17NO2.